The maximum Gasteiger partial charge on any atom is 0.279 e. The molecule has 2 rings (SSSR count). The summed E-state index contributed by atoms with van der Waals surface area (Å²) in [5.41, 5.74) is 5.23. The Bertz CT molecular complexity index is 567. The van der Waals surface area contributed by atoms with Crippen molar-refractivity contribution in [3.05, 3.63) is 30.1 Å². The maximum absolute atomic E-state index is 12.8. The van der Waals surface area contributed by atoms with Gasteiger partial charge in [0, 0.05) is 6.04 Å². The van der Waals surface area contributed by atoms with Gasteiger partial charge in [0.05, 0.1) is 0 Å². The molecule has 0 aliphatic heterocycles. The fourth-order valence-corrected chi connectivity index (χ4v) is 2.93. The van der Waals surface area contributed by atoms with E-state index in [9.17, 15) is 9.18 Å². The zero-order valence-corrected chi connectivity index (χ0v) is 14.8. The summed E-state index contributed by atoms with van der Waals surface area (Å²) in [6.07, 6.45) is 3.99. The quantitative estimate of drug-likeness (QED) is 0.574. The third-order valence-electron chi connectivity index (χ3n) is 4.22. The lowest BCUT2D eigenvalue weighted by Crippen LogP contribution is -2.53. The van der Waals surface area contributed by atoms with Gasteiger partial charge in [0.25, 0.3) is 5.91 Å². The molecule has 1 aromatic rings. The normalized spacial score (nSPS) is 21.5. The monoisotopic (exact) mass is 353 g/mol. The maximum atomic E-state index is 12.8. The smallest absolute Gasteiger partial charge is 0.279 e. The summed E-state index contributed by atoms with van der Waals surface area (Å²) < 4.78 is 18.3. The molecular formula is C17H24FN3O2S. The molecule has 1 saturated carbocycles. The van der Waals surface area contributed by atoms with E-state index < -0.39 is 6.10 Å². The molecule has 1 fully saturated rings. The van der Waals surface area contributed by atoms with Gasteiger partial charge in [-0.2, -0.15) is 0 Å². The van der Waals surface area contributed by atoms with E-state index in [1.165, 1.54) is 43.5 Å². The van der Waals surface area contributed by atoms with Crippen LogP contribution in [0, 0.1) is 11.7 Å². The number of carbonyl (C=O) groups is 1. The highest BCUT2D eigenvalue weighted by molar-refractivity contribution is 7.80. The summed E-state index contributed by atoms with van der Waals surface area (Å²) in [4.78, 5) is 12.0. The van der Waals surface area contributed by atoms with Crippen molar-refractivity contribution >= 4 is 23.2 Å². The second kappa shape index (κ2) is 8.82. The van der Waals surface area contributed by atoms with Crippen LogP contribution in [0.2, 0.25) is 0 Å². The number of nitrogens with one attached hydrogen (secondary N) is 3. The third kappa shape index (κ3) is 5.63. The Kier molecular flexibility index (Phi) is 6.78. The van der Waals surface area contributed by atoms with Gasteiger partial charge in [0.15, 0.2) is 11.2 Å². The first-order chi connectivity index (χ1) is 11.5. The molecular weight excluding hydrogens is 329 g/mol. The number of hydrogen-bond acceptors (Lipinski definition) is 3. The standard InChI is InChI=1S/C17H24FN3O2S/c1-11-5-3-4-6-15(11)19-17(24)21-20-16(22)12(2)23-14-9-7-13(18)8-10-14/h7-12,15H,3-6H2,1-2H3,(H,20,22)(H2,19,21,24)/t11-,12-,15+/m1/s1. The summed E-state index contributed by atoms with van der Waals surface area (Å²) in [6, 6.07) is 5.85. The summed E-state index contributed by atoms with van der Waals surface area (Å²) in [5.74, 6) is 0.278. The third-order valence-corrected chi connectivity index (χ3v) is 4.44. The summed E-state index contributed by atoms with van der Waals surface area (Å²) in [5, 5.41) is 3.64. The fraction of sp³-hybridized carbons (Fsp3) is 0.529. The Hall–Kier alpha value is -1.89. The van der Waals surface area contributed by atoms with E-state index in [1.807, 2.05) is 0 Å². The number of carbonyl (C=O) groups excluding carboxylic acids is 1. The molecule has 1 amide bonds. The van der Waals surface area contributed by atoms with Gasteiger partial charge in [-0.15, -0.1) is 0 Å². The molecule has 5 nitrogen and oxygen atoms in total. The van der Waals surface area contributed by atoms with Gasteiger partial charge in [0.2, 0.25) is 0 Å². The van der Waals surface area contributed by atoms with Gasteiger partial charge in [-0.3, -0.25) is 15.6 Å². The number of thiocarbonyl (C=S) groups is 1. The highest BCUT2D eigenvalue weighted by atomic mass is 32.1. The highest BCUT2D eigenvalue weighted by Gasteiger charge is 2.22. The van der Waals surface area contributed by atoms with E-state index in [0.717, 1.165) is 6.42 Å². The molecule has 0 bridgehead atoms. The summed E-state index contributed by atoms with van der Waals surface area (Å²) >= 11 is 5.22. The SMILES string of the molecule is C[C@@H]1CCCC[C@@H]1NC(=S)NNC(=O)[C@@H](C)Oc1ccc(F)cc1. The molecule has 3 N–H and O–H groups in total. The molecule has 7 heteroatoms. The van der Waals surface area contributed by atoms with Crippen molar-refractivity contribution in [2.45, 2.75) is 51.7 Å². The van der Waals surface area contributed by atoms with Crippen molar-refractivity contribution in [2.75, 3.05) is 0 Å². The molecule has 24 heavy (non-hydrogen) atoms. The lowest BCUT2D eigenvalue weighted by Gasteiger charge is -2.30. The molecule has 0 saturated heterocycles. The molecule has 1 aromatic carbocycles. The van der Waals surface area contributed by atoms with E-state index in [-0.39, 0.29) is 11.7 Å². The van der Waals surface area contributed by atoms with Crippen molar-refractivity contribution in [1.82, 2.24) is 16.2 Å². The Morgan fingerprint density at radius 3 is 2.58 bits per heavy atom. The number of rotatable bonds is 4. The average Bonchev–Trinajstić information content (AvgIpc) is 2.57. The molecule has 1 aliphatic carbocycles. The van der Waals surface area contributed by atoms with Gasteiger partial charge < -0.3 is 10.1 Å². The zero-order valence-electron chi connectivity index (χ0n) is 14.0. The fourth-order valence-electron chi connectivity index (χ4n) is 2.73. The number of amides is 1. The van der Waals surface area contributed by atoms with Gasteiger partial charge in [-0.25, -0.2) is 4.39 Å². The van der Waals surface area contributed by atoms with Crippen LogP contribution in [0.15, 0.2) is 24.3 Å². The van der Waals surface area contributed by atoms with Crippen LogP contribution in [0.1, 0.15) is 39.5 Å². The lowest BCUT2D eigenvalue weighted by molar-refractivity contribution is -0.127. The van der Waals surface area contributed by atoms with Gasteiger partial charge >= 0.3 is 0 Å². The lowest BCUT2D eigenvalue weighted by atomic mass is 9.86. The van der Waals surface area contributed by atoms with Crippen molar-refractivity contribution < 1.29 is 13.9 Å². The Morgan fingerprint density at radius 1 is 1.25 bits per heavy atom. The van der Waals surface area contributed by atoms with Gasteiger partial charge in [-0.1, -0.05) is 19.8 Å². The first-order valence-electron chi connectivity index (χ1n) is 8.24. The number of benzene rings is 1. The summed E-state index contributed by atoms with van der Waals surface area (Å²) in [6.45, 7) is 3.82. The van der Waals surface area contributed by atoms with Gasteiger partial charge in [-0.05, 0) is 62.2 Å². The first kappa shape index (κ1) is 18.4. The van der Waals surface area contributed by atoms with E-state index in [0.29, 0.717) is 22.8 Å². The molecule has 0 spiro atoms. The highest BCUT2D eigenvalue weighted by Crippen LogP contribution is 2.23. The van der Waals surface area contributed by atoms with Crippen LogP contribution in [-0.4, -0.2) is 23.2 Å². The minimum atomic E-state index is -0.737. The van der Waals surface area contributed by atoms with Crippen molar-refractivity contribution in [3.63, 3.8) is 0 Å². The number of ether oxygens (including phenoxy) is 1. The van der Waals surface area contributed by atoms with Crippen LogP contribution in [-0.2, 0) is 4.79 Å². The number of hydrogen-bond donors (Lipinski definition) is 3. The van der Waals surface area contributed by atoms with Crippen molar-refractivity contribution in [1.29, 1.82) is 0 Å². The molecule has 3 atom stereocenters. The molecule has 132 valence electrons. The topological polar surface area (TPSA) is 62.4 Å². The summed E-state index contributed by atoms with van der Waals surface area (Å²) in [7, 11) is 0. The van der Waals surface area contributed by atoms with E-state index in [1.54, 1.807) is 6.92 Å². The predicted molar refractivity (Wildman–Crippen MR) is 94.9 cm³/mol. The van der Waals surface area contributed by atoms with E-state index in [4.69, 9.17) is 17.0 Å². The Balaban J connectivity index is 1.73. The van der Waals surface area contributed by atoms with Crippen LogP contribution < -0.4 is 20.9 Å². The number of hydrazine groups is 1. The second-order valence-electron chi connectivity index (χ2n) is 6.17. The minimum absolute atomic E-state index is 0.337. The largest absolute Gasteiger partial charge is 0.481 e. The van der Waals surface area contributed by atoms with Crippen LogP contribution in [0.25, 0.3) is 0 Å². The molecule has 0 unspecified atom stereocenters. The Labute approximate surface area is 147 Å². The Morgan fingerprint density at radius 2 is 1.92 bits per heavy atom. The van der Waals surface area contributed by atoms with Crippen molar-refractivity contribution in [2.24, 2.45) is 5.92 Å². The second-order valence-corrected chi connectivity index (χ2v) is 6.58. The molecule has 0 aromatic heterocycles. The zero-order chi connectivity index (χ0) is 17.5. The van der Waals surface area contributed by atoms with Crippen LogP contribution >= 0.6 is 12.2 Å². The molecule has 1 aliphatic rings. The van der Waals surface area contributed by atoms with Crippen LogP contribution in [0.3, 0.4) is 0 Å². The van der Waals surface area contributed by atoms with E-state index in [2.05, 4.69) is 23.1 Å². The minimum Gasteiger partial charge on any atom is -0.481 e. The molecule has 0 heterocycles. The number of halogens is 1. The van der Waals surface area contributed by atoms with Crippen LogP contribution in [0.5, 0.6) is 5.75 Å². The predicted octanol–water partition coefficient (Wildman–Crippen LogP) is 2.67. The van der Waals surface area contributed by atoms with Crippen molar-refractivity contribution in [3.8, 4) is 5.75 Å². The van der Waals surface area contributed by atoms with Gasteiger partial charge in [0.1, 0.15) is 11.6 Å². The van der Waals surface area contributed by atoms with Crippen LogP contribution in [0.4, 0.5) is 4.39 Å². The van der Waals surface area contributed by atoms with E-state index >= 15 is 0 Å². The molecule has 0 radical (unpaired) electrons. The first-order valence-corrected chi connectivity index (χ1v) is 8.65. The average molecular weight is 353 g/mol.